The van der Waals surface area contributed by atoms with E-state index in [0.717, 1.165) is 30.3 Å². The molecular weight excluding hydrogens is 273 g/mol. The predicted molar refractivity (Wildman–Crippen MR) is 77.7 cm³/mol. The molecule has 0 fully saturated rings. The van der Waals surface area contributed by atoms with Crippen molar-refractivity contribution in [2.75, 3.05) is 18.9 Å². The maximum absolute atomic E-state index is 13.2. The average molecular weight is 291 g/mol. The summed E-state index contributed by atoms with van der Waals surface area (Å²) in [4.78, 5) is 15.9. The van der Waals surface area contributed by atoms with E-state index in [1.165, 1.54) is 6.07 Å². The van der Waals surface area contributed by atoms with Gasteiger partial charge in [-0.15, -0.1) is 0 Å². The number of pyridine rings is 1. The highest BCUT2D eigenvalue weighted by Crippen LogP contribution is 2.13. The number of aromatic nitrogens is 3. The number of halogens is 1. The molecule has 6 nitrogen and oxygen atoms in total. The van der Waals surface area contributed by atoms with Crippen molar-refractivity contribution in [1.82, 2.24) is 20.5 Å². The molecule has 2 heterocycles. The Balaban J connectivity index is 1.87. The van der Waals surface area contributed by atoms with Crippen LogP contribution in [0.15, 0.2) is 18.5 Å². The Labute approximate surface area is 122 Å². The van der Waals surface area contributed by atoms with Gasteiger partial charge in [-0.3, -0.25) is 9.89 Å². The van der Waals surface area contributed by atoms with Crippen LogP contribution < -0.4 is 10.6 Å². The normalized spacial score (nSPS) is 10.4. The number of H-pyrrole nitrogens is 1. The molecule has 1 amide bonds. The van der Waals surface area contributed by atoms with Gasteiger partial charge in [0.05, 0.1) is 18.0 Å². The third-order valence-electron chi connectivity index (χ3n) is 3.18. The van der Waals surface area contributed by atoms with Crippen LogP contribution in [0.5, 0.6) is 0 Å². The zero-order chi connectivity index (χ0) is 15.2. The summed E-state index contributed by atoms with van der Waals surface area (Å²) in [7, 11) is 1.64. The zero-order valence-corrected chi connectivity index (χ0v) is 12.0. The summed E-state index contributed by atoms with van der Waals surface area (Å²) in [6.07, 6.45) is 4.46. The van der Waals surface area contributed by atoms with E-state index >= 15 is 0 Å². The van der Waals surface area contributed by atoms with E-state index in [-0.39, 0.29) is 11.5 Å². The molecule has 2 aromatic rings. The maximum Gasteiger partial charge on any atom is 0.255 e. The number of hydrogen-bond donors (Lipinski definition) is 3. The van der Waals surface area contributed by atoms with E-state index in [0.29, 0.717) is 12.4 Å². The van der Waals surface area contributed by atoms with Crippen molar-refractivity contribution in [2.24, 2.45) is 0 Å². The predicted octanol–water partition coefficient (Wildman–Crippen LogP) is 1.66. The van der Waals surface area contributed by atoms with Crippen LogP contribution in [-0.2, 0) is 6.42 Å². The molecular formula is C14H18FN5O. The highest BCUT2D eigenvalue weighted by atomic mass is 19.1. The molecule has 21 heavy (non-hydrogen) atoms. The lowest BCUT2D eigenvalue weighted by Crippen LogP contribution is -2.26. The average Bonchev–Trinajstić information content (AvgIpc) is 2.88. The number of carbonyl (C=O) groups excluding carboxylic acids is 1. The molecule has 0 unspecified atom stereocenters. The van der Waals surface area contributed by atoms with Gasteiger partial charge in [-0.1, -0.05) is 0 Å². The molecule has 0 radical (unpaired) electrons. The molecule has 112 valence electrons. The molecule has 0 saturated carbocycles. The van der Waals surface area contributed by atoms with Crippen molar-refractivity contribution in [1.29, 1.82) is 0 Å². The van der Waals surface area contributed by atoms with Crippen LogP contribution in [0.4, 0.5) is 10.2 Å². The summed E-state index contributed by atoms with van der Waals surface area (Å²) in [5.74, 6) is -0.511. The van der Waals surface area contributed by atoms with Crippen molar-refractivity contribution in [3.63, 3.8) is 0 Å². The topological polar surface area (TPSA) is 82.7 Å². The monoisotopic (exact) mass is 291 g/mol. The molecule has 0 bridgehead atoms. The Hall–Kier alpha value is -2.44. The largest absolute Gasteiger partial charge is 0.372 e. The lowest BCUT2D eigenvalue weighted by molar-refractivity contribution is 0.0953. The molecule has 3 N–H and O–H groups in total. The maximum atomic E-state index is 13.2. The standard InChI is InChI=1S/C14H18FN5O/c1-9-10(7-19-20-9)4-3-5-17-14(21)12-6-11(15)8-18-13(12)16-2/h6-8H,3-5H2,1-2H3,(H,16,18)(H,17,21)(H,19,20). The Morgan fingerprint density at radius 3 is 2.90 bits per heavy atom. The highest BCUT2D eigenvalue weighted by molar-refractivity contribution is 5.98. The first-order valence-corrected chi connectivity index (χ1v) is 6.72. The Bertz CT molecular complexity index is 626. The number of rotatable bonds is 6. The molecule has 7 heteroatoms. The summed E-state index contributed by atoms with van der Waals surface area (Å²) in [6, 6.07) is 1.17. The quantitative estimate of drug-likeness (QED) is 0.707. The van der Waals surface area contributed by atoms with Crippen molar-refractivity contribution >= 4 is 11.7 Å². The first-order valence-electron chi connectivity index (χ1n) is 6.72. The van der Waals surface area contributed by atoms with E-state index in [9.17, 15) is 9.18 Å². The number of nitrogens with zero attached hydrogens (tertiary/aromatic N) is 2. The van der Waals surface area contributed by atoms with E-state index < -0.39 is 5.82 Å². The van der Waals surface area contributed by atoms with E-state index in [1.807, 2.05) is 6.92 Å². The van der Waals surface area contributed by atoms with Crippen LogP contribution in [-0.4, -0.2) is 34.7 Å². The lowest BCUT2D eigenvalue weighted by atomic mass is 10.1. The summed E-state index contributed by atoms with van der Waals surface area (Å²) >= 11 is 0. The number of amides is 1. The van der Waals surface area contributed by atoms with Gasteiger partial charge in [-0.25, -0.2) is 9.37 Å². The van der Waals surface area contributed by atoms with Gasteiger partial charge in [-0.2, -0.15) is 5.10 Å². The number of carbonyl (C=O) groups is 1. The third kappa shape index (κ3) is 3.77. The molecule has 2 aromatic heterocycles. The summed E-state index contributed by atoms with van der Waals surface area (Å²) in [6.45, 7) is 2.46. The first kappa shape index (κ1) is 15.0. The van der Waals surface area contributed by atoms with Gasteiger partial charge in [-0.05, 0) is 31.4 Å². The van der Waals surface area contributed by atoms with Gasteiger partial charge in [0.2, 0.25) is 0 Å². The molecule has 0 aromatic carbocycles. The fourth-order valence-electron chi connectivity index (χ4n) is 2.02. The Morgan fingerprint density at radius 2 is 2.24 bits per heavy atom. The molecule has 0 aliphatic carbocycles. The van der Waals surface area contributed by atoms with Gasteiger partial charge < -0.3 is 10.6 Å². The molecule has 0 aliphatic heterocycles. The van der Waals surface area contributed by atoms with Crippen LogP contribution in [0.2, 0.25) is 0 Å². The van der Waals surface area contributed by atoms with Crippen molar-refractivity contribution < 1.29 is 9.18 Å². The van der Waals surface area contributed by atoms with Crippen molar-refractivity contribution in [3.8, 4) is 0 Å². The van der Waals surface area contributed by atoms with Gasteiger partial charge in [0.1, 0.15) is 11.6 Å². The Morgan fingerprint density at radius 1 is 1.43 bits per heavy atom. The minimum atomic E-state index is -0.534. The first-order chi connectivity index (χ1) is 10.1. The third-order valence-corrected chi connectivity index (χ3v) is 3.18. The van der Waals surface area contributed by atoms with Crippen molar-refractivity contribution in [2.45, 2.75) is 19.8 Å². The van der Waals surface area contributed by atoms with Crippen LogP contribution in [0.25, 0.3) is 0 Å². The van der Waals surface area contributed by atoms with Crippen LogP contribution >= 0.6 is 0 Å². The molecule has 0 saturated heterocycles. The SMILES string of the molecule is CNc1ncc(F)cc1C(=O)NCCCc1cn[nH]c1C. The molecule has 0 atom stereocenters. The molecule has 0 aliphatic rings. The van der Waals surface area contributed by atoms with Crippen LogP contribution in [0, 0.1) is 12.7 Å². The second-order valence-electron chi connectivity index (χ2n) is 4.68. The minimum absolute atomic E-state index is 0.206. The second kappa shape index (κ2) is 6.83. The number of aromatic amines is 1. The van der Waals surface area contributed by atoms with Crippen molar-refractivity contribution in [3.05, 3.63) is 41.1 Å². The summed E-state index contributed by atoms with van der Waals surface area (Å²) in [5, 5.41) is 12.4. The van der Waals surface area contributed by atoms with Gasteiger partial charge in [0.15, 0.2) is 0 Å². The highest BCUT2D eigenvalue weighted by Gasteiger charge is 2.12. The minimum Gasteiger partial charge on any atom is -0.372 e. The van der Waals surface area contributed by atoms with E-state index in [1.54, 1.807) is 13.2 Å². The molecule has 2 rings (SSSR count). The fraction of sp³-hybridized carbons (Fsp3) is 0.357. The molecule has 0 spiro atoms. The number of nitrogens with one attached hydrogen (secondary N) is 3. The number of anilines is 1. The van der Waals surface area contributed by atoms with Gasteiger partial charge in [0.25, 0.3) is 5.91 Å². The summed E-state index contributed by atoms with van der Waals surface area (Å²) < 4.78 is 13.2. The second-order valence-corrected chi connectivity index (χ2v) is 4.68. The van der Waals surface area contributed by atoms with Gasteiger partial charge >= 0.3 is 0 Å². The van der Waals surface area contributed by atoms with Crippen LogP contribution in [0.3, 0.4) is 0 Å². The Kier molecular flexibility index (Phi) is 4.86. The zero-order valence-electron chi connectivity index (χ0n) is 12.0. The number of hydrogen-bond acceptors (Lipinski definition) is 4. The fourth-order valence-corrected chi connectivity index (χ4v) is 2.02. The number of aryl methyl sites for hydroxylation is 2. The van der Waals surface area contributed by atoms with Gasteiger partial charge in [0, 0.05) is 19.3 Å². The summed E-state index contributed by atoms with van der Waals surface area (Å²) in [5.41, 5.74) is 2.37. The van der Waals surface area contributed by atoms with E-state index in [2.05, 4.69) is 25.8 Å². The van der Waals surface area contributed by atoms with Crippen LogP contribution in [0.1, 0.15) is 28.0 Å². The van der Waals surface area contributed by atoms with E-state index in [4.69, 9.17) is 0 Å². The smallest absolute Gasteiger partial charge is 0.255 e. The lowest BCUT2D eigenvalue weighted by Gasteiger charge is -2.09.